The van der Waals surface area contributed by atoms with E-state index >= 15 is 0 Å². The fourth-order valence-corrected chi connectivity index (χ4v) is 5.80. The van der Waals surface area contributed by atoms with Gasteiger partial charge in [0.05, 0.1) is 13.0 Å². The van der Waals surface area contributed by atoms with Crippen LogP contribution in [-0.2, 0) is 37.6 Å². The van der Waals surface area contributed by atoms with Crippen molar-refractivity contribution in [1.29, 1.82) is 0 Å². The van der Waals surface area contributed by atoms with E-state index in [0.29, 0.717) is 17.5 Å². The van der Waals surface area contributed by atoms with E-state index < -0.39 is 17.2 Å². The number of carbonyl (C=O) groups is 2. The Balaban J connectivity index is 0.00000500. The van der Waals surface area contributed by atoms with Gasteiger partial charge in [-0.25, -0.2) is 4.79 Å². The van der Waals surface area contributed by atoms with Crippen molar-refractivity contribution < 1.29 is 24.2 Å². The lowest BCUT2D eigenvalue weighted by Crippen LogP contribution is -2.40. The molecule has 1 N–H and O–H groups in total. The quantitative estimate of drug-likeness (QED) is 0.178. The molecule has 8 heteroatoms. The third-order valence-electron chi connectivity index (χ3n) is 8.36. The predicted molar refractivity (Wildman–Crippen MR) is 189 cm³/mol. The topological polar surface area (TPSA) is 89.0 Å². The molecule has 0 bridgehead atoms. The van der Waals surface area contributed by atoms with Crippen LogP contribution in [0.2, 0.25) is 0 Å². The van der Waals surface area contributed by atoms with Gasteiger partial charge in [0, 0.05) is 30.4 Å². The molecule has 0 spiro atoms. The van der Waals surface area contributed by atoms with E-state index in [2.05, 4.69) is 34.1 Å². The monoisotopic (exact) mass is 654 g/mol. The number of hydrogen-bond donors (Lipinski definition) is 1. The first-order chi connectivity index (χ1) is 22.1. The number of aryl methyl sites for hydroxylation is 1. The average molecular weight is 655 g/mol. The van der Waals surface area contributed by atoms with Crippen molar-refractivity contribution in [2.45, 2.75) is 64.2 Å². The van der Waals surface area contributed by atoms with Crippen molar-refractivity contribution in [3.05, 3.63) is 126 Å². The molecule has 5 rings (SSSR count). The zero-order valence-corrected chi connectivity index (χ0v) is 28.5. The molecular formula is C39H46N2O5S. The van der Waals surface area contributed by atoms with E-state index in [1.54, 1.807) is 42.6 Å². The zero-order chi connectivity index (χ0) is 32.6. The maximum Gasteiger partial charge on any atom is 0.347 e. The fourth-order valence-electron chi connectivity index (χ4n) is 5.80. The van der Waals surface area contributed by atoms with Gasteiger partial charge in [-0.05, 0) is 80.9 Å². The third kappa shape index (κ3) is 9.76. The van der Waals surface area contributed by atoms with E-state index in [0.717, 1.165) is 49.3 Å². The molecule has 248 valence electrons. The van der Waals surface area contributed by atoms with Crippen LogP contribution in [0, 0.1) is 5.92 Å². The lowest BCUT2D eigenvalue weighted by Gasteiger charge is -2.33. The molecule has 4 aromatic rings. The molecule has 47 heavy (non-hydrogen) atoms. The maximum atomic E-state index is 13.7. The molecule has 1 aromatic heterocycles. The van der Waals surface area contributed by atoms with E-state index in [4.69, 9.17) is 9.47 Å². The van der Waals surface area contributed by atoms with Crippen molar-refractivity contribution >= 4 is 25.4 Å². The Kier molecular flexibility index (Phi) is 12.4. The Hall–Kier alpha value is -3.98. The van der Waals surface area contributed by atoms with Gasteiger partial charge < -0.3 is 14.6 Å². The molecule has 7 nitrogen and oxygen atoms in total. The normalized spacial score (nSPS) is 15.2. The zero-order valence-electron chi connectivity index (χ0n) is 27.5. The molecule has 1 aliphatic rings. The summed E-state index contributed by atoms with van der Waals surface area (Å²) in [4.78, 5) is 32.7. The molecule has 1 saturated heterocycles. The van der Waals surface area contributed by atoms with Crippen LogP contribution >= 0.6 is 13.5 Å². The van der Waals surface area contributed by atoms with Crippen molar-refractivity contribution in [2.24, 2.45) is 5.92 Å². The Morgan fingerprint density at radius 2 is 1.43 bits per heavy atom. The van der Waals surface area contributed by atoms with Crippen molar-refractivity contribution in [2.75, 3.05) is 19.7 Å². The standard InChI is InChI=1S/C39H44N2O5.H2S/c1-38(2,3)46-36(42)21-20-35-19-16-32(26-40-35)31-14-17-34(18-15-31)39(44,33-12-8-5-9-13-33)37(43)45-28-30-22-24-41(25-23-30)27-29-10-6-4-7-11-29;/h4-19,26,30,44H,20-25,27-28H2,1-3H3;1H2/t39-;/m0./s1. The molecule has 2 heterocycles. The Morgan fingerprint density at radius 1 is 0.830 bits per heavy atom. The summed E-state index contributed by atoms with van der Waals surface area (Å²) in [5.41, 5.74) is 2.32. The van der Waals surface area contributed by atoms with Gasteiger partial charge in [0.15, 0.2) is 0 Å². The number of aromatic nitrogens is 1. The number of ether oxygens (including phenoxy) is 2. The van der Waals surface area contributed by atoms with Crippen LogP contribution in [0.3, 0.4) is 0 Å². The molecule has 1 fully saturated rings. The van der Waals surface area contributed by atoms with E-state index in [9.17, 15) is 14.7 Å². The summed E-state index contributed by atoms with van der Waals surface area (Å²) in [6, 6.07) is 30.5. The van der Waals surface area contributed by atoms with Crippen LogP contribution < -0.4 is 0 Å². The summed E-state index contributed by atoms with van der Waals surface area (Å²) in [5.74, 6) is -0.672. The van der Waals surface area contributed by atoms with E-state index in [1.807, 2.05) is 57.2 Å². The van der Waals surface area contributed by atoms with Crippen molar-refractivity contribution in [3.8, 4) is 11.1 Å². The second-order valence-corrected chi connectivity index (χ2v) is 13.1. The average Bonchev–Trinajstić information content (AvgIpc) is 3.07. The number of rotatable bonds is 11. The highest BCUT2D eigenvalue weighted by Gasteiger charge is 2.42. The van der Waals surface area contributed by atoms with Gasteiger partial charge in [0.1, 0.15) is 5.60 Å². The van der Waals surface area contributed by atoms with Crippen LogP contribution in [0.1, 0.15) is 62.4 Å². The number of benzene rings is 3. The van der Waals surface area contributed by atoms with Crippen LogP contribution in [0.4, 0.5) is 0 Å². The molecule has 1 atom stereocenters. The summed E-state index contributed by atoms with van der Waals surface area (Å²) >= 11 is 0. The Labute approximate surface area is 285 Å². The summed E-state index contributed by atoms with van der Waals surface area (Å²) in [7, 11) is 0. The smallest absolute Gasteiger partial charge is 0.347 e. The summed E-state index contributed by atoms with van der Waals surface area (Å²) in [6.45, 7) is 8.64. The number of likely N-dealkylation sites (tertiary alicyclic amines) is 1. The molecule has 1 aliphatic heterocycles. The first-order valence-corrected chi connectivity index (χ1v) is 16.1. The molecule has 0 unspecified atom stereocenters. The second kappa shape index (κ2) is 16.2. The highest BCUT2D eigenvalue weighted by Crippen LogP contribution is 2.33. The molecule has 0 amide bonds. The lowest BCUT2D eigenvalue weighted by molar-refractivity contribution is -0.164. The lowest BCUT2D eigenvalue weighted by atomic mass is 9.85. The Morgan fingerprint density at radius 3 is 2.02 bits per heavy atom. The van der Waals surface area contributed by atoms with Gasteiger partial charge in [-0.1, -0.05) is 91.0 Å². The van der Waals surface area contributed by atoms with Gasteiger partial charge in [-0.2, -0.15) is 13.5 Å². The number of nitrogens with zero attached hydrogens (tertiary/aromatic N) is 2. The predicted octanol–water partition coefficient (Wildman–Crippen LogP) is 6.83. The van der Waals surface area contributed by atoms with Crippen molar-refractivity contribution in [3.63, 3.8) is 0 Å². The molecule has 0 saturated carbocycles. The Bertz CT molecular complexity index is 1570. The first-order valence-electron chi connectivity index (χ1n) is 16.1. The van der Waals surface area contributed by atoms with Gasteiger partial charge in [0.25, 0.3) is 0 Å². The summed E-state index contributed by atoms with van der Waals surface area (Å²) < 4.78 is 11.2. The van der Waals surface area contributed by atoms with Gasteiger partial charge in [-0.3, -0.25) is 14.7 Å². The number of piperidine rings is 1. The van der Waals surface area contributed by atoms with Crippen LogP contribution in [0.15, 0.2) is 103 Å². The van der Waals surface area contributed by atoms with Crippen LogP contribution in [0.25, 0.3) is 11.1 Å². The second-order valence-electron chi connectivity index (χ2n) is 13.1. The van der Waals surface area contributed by atoms with E-state index in [1.165, 1.54) is 5.56 Å². The van der Waals surface area contributed by atoms with Crippen molar-refractivity contribution in [1.82, 2.24) is 9.88 Å². The maximum absolute atomic E-state index is 13.7. The first kappa shape index (κ1) is 35.9. The minimum absolute atomic E-state index is 0. The highest BCUT2D eigenvalue weighted by molar-refractivity contribution is 7.59. The molecule has 0 radical (unpaired) electrons. The SMILES string of the molecule is CC(C)(C)OC(=O)CCc1ccc(-c2ccc([C@](O)(C(=O)OCC3CCN(Cc4ccccc4)CC3)c3ccccc3)cc2)cn1.S. The molecular weight excluding hydrogens is 609 g/mol. The fraction of sp³-hybridized carbons (Fsp3) is 0.359. The van der Waals surface area contributed by atoms with Gasteiger partial charge in [0.2, 0.25) is 5.60 Å². The summed E-state index contributed by atoms with van der Waals surface area (Å²) in [5, 5.41) is 12.0. The largest absolute Gasteiger partial charge is 0.463 e. The minimum Gasteiger partial charge on any atom is -0.463 e. The van der Waals surface area contributed by atoms with Gasteiger partial charge >= 0.3 is 11.9 Å². The number of esters is 2. The van der Waals surface area contributed by atoms with Gasteiger partial charge in [-0.15, -0.1) is 0 Å². The van der Waals surface area contributed by atoms with Crippen LogP contribution in [0.5, 0.6) is 0 Å². The van der Waals surface area contributed by atoms with Crippen LogP contribution in [-0.4, -0.2) is 52.2 Å². The molecule has 3 aromatic carbocycles. The third-order valence-corrected chi connectivity index (χ3v) is 8.36. The number of hydrogen-bond acceptors (Lipinski definition) is 7. The molecule has 0 aliphatic carbocycles. The minimum atomic E-state index is -1.95. The number of aliphatic hydroxyl groups is 1. The van der Waals surface area contributed by atoms with E-state index in [-0.39, 0.29) is 38.4 Å². The number of pyridine rings is 1. The number of carbonyl (C=O) groups excluding carboxylic acids is 2. The summed E-state index contributed by atoms with van der Waals surface area (Å²) in [6.07, 6.45) is 4.40. The highest BCUT2D eigenvalue weighted by atomic mass is 32.1.